The van der Waals surface area contributed by atoms with Gasteiger partial charge in [-0.15, -0.1) is 0 Å². The highest BCUT2D eigenvalue weighted by molar-refractivity contribution is 5.86. The summed E-state index contributed by atoms with van der Waals surface area (Å²) in [6.07, 6.45) is 4.89. The van der Waals surface area contributed by atoms with Gasteiger partial charge in [-0.3, -0.25) is 9.59 Å². The molecule has 0 aromatic carbocycles. The summed E-state index contributed by atoms with van der Waals surface area (Å²) in [5.74, 6) is -0.567. The van der Waals surface area contributed by atoms with E-state index in [4.69, 9.17) is 0 Å². The number of carboxylic acids is 1. The normalized spacial score (nSPS) is 52.0. The van der Waals surface area contributed by atoms with Gasteiger partial charge in [0.25, 0.3) is 0 Å². The lowest BCUT2D eigenvalue weighted by atomic mass is 9.43. The third-order valence-corrected chi connectivity index (χ3v) is 7.94. The summed E-state index contributed by atoms with van der Waals surface area (Å²) in [6.45, 7) is 6.27. The second kappa shape index (κ2) is 4.69. The number of aliphatic carboxylic acids is 1. The van der Waals surface area contributed by atoms with Crippen LogP contribution in [0.3, 0.4) is 0 Å². The van der Waals surface area contributed by atoms with Gasteiger partial charge in [0, 0.05) is 18.3 Å². The predicted octanol–water partition coefficient (Wildman–Crippen LogP) is 2.80. The number of Topliss-reactive ketones (excluding diaryl/α,β-unsaturated/α-hetero) is 1. The first kappa shape index (κ1) is 15.4. The van der Waals surface area contributed by atoms with E-state index in [0.29, 0.717) is 12.3 Å². The molecule has 4 saturated carbocycles. The van der Waals surface area contributed by atoms with Crippen LogP contribution in [-0.2, 0) is 9.59 Å². The Labute approximate surface area is 137 Å². The molecule has 0 radical (unpaired) electrons. The SMILES string of the molecule is C=C1C2CCC3C4(C)CC(=O)CC(C(=O)O)C4CCC3(C2)C1O. The van der Waals surface area contributed by atoms with E-state index in [0.717, 1.165) is 37.7 Å². The molecule has 0 heterocycles. The molecular weight excluding hydrogens is 292 g/mol. The number of hydrogen-bond acceptors (Lipinski definition) is 3. The minimum atomic E-state index is -0.824. The Bertz CT molecular complexity index is 596. The highest BCUT2D eigenvalue weighted by Gasteiger charge is 2.66. The fourth-order valence-electron chi connectivity index (χ4n) is 7.04. The van der Waals surface area contributed by atoms with E-state index < -0.39 is 18.0 Å². The molecule has 2 bridgehead atoms. The van der Waals surface area contributed by atoms with Crippen molar-refractivity contribution in [3.63, 3.8) is 0 Å². The van der Waals surface area contributed by atoms with Gasteiger partial charge in [0.2, 0.25) is 0 Å². The van der Waals surface area contributed by atoms with Crippen molar-refractivity contribution in [1.29, 1.82) is 0 Å². The number of aliphatic hydroxyl groups is 1. The van der Waals surface area contributed by atoms with Gasteiger partial charge >= 0.3 is 5.97 Å². The van der Waals surface area contributed by atoms with Crippen molar-refractivity contribution in [2.24, 2.45) is 34.5 Å². The summed E-state index contributed by atoms with van der Waals surface area (Å²) in [5, 5.41) is 20.5. The molecule has 0 aromatic rings. The van der Waals surface area contributed by atoms with E-state index in [2.05, 4.69) is 13.5 Å². The molecule has 0 aliphatic heterocycles. The number of fused-ring (bicyclic) bond motifs is 3. The molecule has 126 valence electrons. The summed E-state index contributed by atoms with van der Waals surface area (Å²) in [6, 6.07) is 0. The van der Waals surface area contributed by atoms with Crippen LogP contribution in [0.1, 0.15) is 51.9 Å². The van der Waals surface area contributed by atoms with E-state index in [1.165, 1.54) is 0 Å². The van der Waals surface area contributed by atoms with Crippen LogP contribution in [-0.4, -0.2) is 28.1 Å². The minimum absolute atomic E-state index is 0.0611. The maximum absolute atomic E-state index is 12.3. The van der Waals surface area contributed by atoms with Crippen LogP contribution in [0.4, 0.5) is 0 Å². The third-order valence-electron chi connectivity index (χ3n) is 7.94. The van der Waals surface area contributed by atoms with E-state index in [9.17, 15) is 19.8 Å². The molecule has 0 saturated heterocycles. The lowest BCUT2D eigenvalue weighted by molar-refractivity contribution is -0.175. The van der Waals surface area contributed by atoms with E-state index in [-0.39, 0.29) is 34.9 Å². The van der Waals surface area contributed by atoms with Crippen molar-refractivity contribution in [2.75, 3.05) is 0 Å². The van der Waals surface area contributed by atoms with E-state index in [1.54, 1.807) is 0 Å². The maximum Gasteiger partial charge on any atom is 0.307 e. The molecule has 4 aliphatic rings. The first-order valence-corrected chi connectivity index (χ1v) is 8.91. The van der Waals surface area contributed by atoms with Crippen LogP contribution < -0.4 is 0 Å². The number of carbonyl (C=O) groups is 2. The smallest absolute Gasteiger partial charge is 0.307 e. The Hall–Kier alpha value is -1.16. The molecule has 1 spiro atoms. The first-order valence-electron chi connectivity index (χ1n) is 8.91. The highest BCUT2D eigenvalue weighted by Crippen LogP contribution is 2.70. The minimum Gasteiger partial charge on any atom is -0.481 e. The molecule has 0 aromatic heterocycles. The van der Waals surface area contributed by atoms with Crippen LogP contribution >= 0.6 is 0 Å². The molecule has 7 unspecified atom stereocenters. The van der Waals surface area contributed by atoms with Crippen LogP contribution in [0.15, 0.2) is 12.2 Å². The highest BCUT2D eigenvalue weighted by atomic mass is 16.4. The zero-order chi connectivity index (χ0) is 16.6. The predicted molar refractivity (Wildman–Crippen MR) is 84.6 cm³/mol. The Balaban J connectivity index is 1.77. The molecule has 7 atom stereocenters. The van der Waals surface area contributed by atoms with Gasteiger partial charge in [0.05, 0.1) is 12.0 Å². The number of carboxylic acid groups (broad SMARTS) is 1. The van der Waals surface area contributed by atoms with Gasteiger partial charge in [-0.1, -0.05) is 13.5 Å². The number of aliphatic hydroxyl groups excluding tert-OH is 1. The average Bonchev–Trinajstić information content (AvgIpc) is 2.66. The van der Waals surface area contributed by atoms with Gasteiger partial charge in [-0.05, 0) is 60.8 Å². The summed E-state index contributed by atoms with van der Waals surface area (Å²) in [7, 11) is 0. The fraction of sp³-hybridized carbons (Fsp3) is 0.789. The zero-order valence-corrected chi connectivity index (χ0v) is 13.8. The first-order chi connectivity index (χ1) is 10.8. The van der Waals surface area contributed by atoms with Crippen LogP contribution in [0.2, 0.25) is 0 Å². The van der Waals surface area contributed by atoms with Crippen molar-refractivity contribution in [2.45, 2.75) is 58.0 Å². The van der Waals surface area contributed by atoms with Crippen molar-refractivity contribution < 1.29 is 19.8 Å². The molecule has 2 N–H and O–H groups in total. The Morgan fingerprint density at radius 3 is 2.74 bits per heavy atom. The average molecular weight is 318 g/mol. The lowest BCUT2D eigenvalue weighted by Crippen LogP contribution is -2.58. The van der Waals surface area contributed by atoms with Gasteiger partial charge in [-0.25, -0.2) is 0 Å². The largest absolute Gasteiger partial charge is 0.481 e. The van der Waals surface area contributed by atoms with Crippen molar-refractivity contribution in [3.05, 3.63) is 12.2 Å². The van der Waals surface area contributed by atoms with Crippen LogP contribution in [0.5, 0.6) is 0 Å². The summed E-state index contributed by atoms with van der Waals surface area (Å²) in [4.78, 5) is 24.0. The van der Waals surface area contributed by atoms with Crippen LogP contribution in [0.25, 0.3) is 0 Å². The summed E-state index contributed by atoms with van der Waals surface area (Å²) in [5.41, 5.74) is 0.533. The molecule has 23 heavy (non-hydrogen) atoms. The van der Waals surface area contributed by atoms with Crippen molar-refractivity contribution in [1.82, 2.24) is 0 Å². The summed E-state index contributed by atoms with van der Waals surface area (Å²) >= 11 is 0. The Kier molecular flexibility index (Phi) is 3.13. The second-order valence-electron chi connectivity index (χ2n) is 8.76. The number of rotatable bonds is 1. The van der Waals surface area contributed by atoms with E-state index >= 15 is 0 Å². The lowest BCUT2D eigenvalue weighted by Gasteiger charge is -2.61. The van der Waals surface area contributed by atoms with Crippen LogP contribution in [0, 0.1) is 34.5 Å². The number of carbonyl (C=O) groups excluding carboxylic acids is 1. The molecule has 4 rings (SSSR count). The topological polar surface area (TPSA) is 74.6 Å². The molecular formula is C19H26O4. The monoisotopic (exact) mass is 318 g/mol. The van der Waals surface area contributed by atoms with Gasteiger partial charge < -0.3 is 10.2 Å². The third kappa shape index (κ3) is 1.81. The Morgan fingerprint density at radius 1 is 1.30 bits per heavy atom. The second-order valence-corrected chi connectivity index (χ2v) is 8.76. The van der Waals surface area contributed by atoms with Crippen molar-refractivity contribution >= 4 is 11.8 Å². The Morgan fingerprint density at radius 2 is 2.04 bits per heavy atom. The fourth-order valence-corrected chi connectivity index (χ4v) is 7.04. The van der Waals surface area contributed by atoms with Crippen molar-refractivity contribution in [3.8, 4) is 0 Å². The molecule has 4 aliphatic carbocycles. The molecule has 4 nitrogen and oxygen atoms in total. The quantitative estimate of drug-likeness (QED) is 0.729. The molecule has 4 fully saturated rings. The van der Waals surface area contributed by atoms with Gasteiger partial charge in [0.1, 0.15) is 5.78 Å². The van der Waals surface area contributed by atoms with Gasteiger partial charge in [0.15, 0.2) is 0 Å². The molecule has 4 heteroatoms. The maximum atomic E-state index is 12.3. The number of hydrogen-bond donors (Lipinski definition) is 2. The van der Waals surface area contributed by atoms with Gasteiger partial charge in [-0.2, -0.15) is 0 Å². The molecule has 0 amide bonds. The number of ketones is 1. The summed E-state index contributed by atoms with van der Waals surface area (Å²) < 4.78 is 0. The standard InChI is InChI=1S/C19H26O4/c1-10-11-3-4-15-18(2)9-12(20)7-13(17(22)23)14(18)5-6-19(15,8-11)16(10)21/h11,13-16,21H,1,3-9H2,2H3,(H,22,23). The van der Waals surface area contributed by atoms with E-state index in [1.807, 2.05) is 0 Å². The zero-order valence-electron chi connectivity index (χ0n) is 13.8.